The summed E-state index contributed by atoms with van der Waals surface area (Å²) in [4.78, 5) is 12.2. The van der Waals surface area contributed by atoms with Crippen LogP contribution in [0, 0.1) is 0 Å². The summed E-state index contributed by atoms with van der Waals surface area (Å²) in [5.41, 5.74) is 6.78. The van der Waals surface area contributed by atoms with E-state index < -0.39 is 5.97 Å². The van der Waals surface area contributed by atoms with Crippen molar-refractivity contribution in [3.8, 4) is 11.4 Å². The van der Waals surface area contributed by atoms with Crippen molar-refractivity contribution >= 4 is 11.8 Å². The van der Waals surface area contributed by atoms with Crippen LogP contribution in [0.2, 0.25) is 0 Å². The molecule has 1 fully saturated rings. The molecule has 2 N–H and O–H groups in total. The van der Waals surface area contributed by atoms with E-state index >= 15 is 0 Å². The lowest BCUT2D eigenvalue weighted by atomic mass is 9.98. The first-order valence-corrected chi connectivity index (χ1v) is 7.75. The lowest BCUT2D eigenvalue weighted by Gasteiger charge is -2.21. The number of methoxy groups -OCH3 is 1. The van der Waals surface area contributed by atoms with E-state index in [-0.39, 0.29) is 17.6 Å². The highest BCUT2D eigenvalue weighted by atomic mass is 16.5. The van der Waals surface area contributed by atoms with Crippen molar-refractivity contribution < 1.29 is 14.3 Å². The smallest absolute Gasteiger partial charge is 0.363 e. The second-order valence-electron chi connectivity index (χ2n) is 5.60. The molecule has 0 spiro atoms. The predicted molar refractivity (Wildman–Crippen MR) is 84.6 cm³/mol. The molecule has 1 aromatic carbocycles. The van der Waals surface area contributed by atoms with Gasteiger partial charge in [0.2, 0.25) is 5.69 Å². The van der Waals surface area contributed by atoms with E-state index in [9.17, 15) is 4.79 Å². The molecule has 7 nitrogen and oxygen atoms in total. The number of carbonyl (C=O) groups is 1. The number of hydrogen-bond acceptors (Lipinski definition) is 6. The number of esters is 1. The first-order valence-electron chi connectivity index (χ1n) is 7.75. The normalized spacial score (nSPS) is 15.3. The highest BCUT2D eigenvalue weighted by Crippen LogP contribution is 2.23. The number of aromatic nitrogens is 3. The first-order chi connectivity index (χ1) is 11.2. The van der Waals surface area contributed by atoms with Crippen molar-refractivity contribution in [2.75, 3.05) is 12.8 Å². The van der Waals surface area contributed by atoms with E-state index in [0.29, 0.717) is 5.69 Å². The molecule has 1 aliphatic carbocycles. The van der Waals surface area contributed by atoms with E-state index in [0.717, 1.165) is 31.4 Å². The van der Waals surface area contributed by atoms with Crippen molar-refractivity contribution in [2.45, 2.75) is 38.2 Å². The molecular weight excluding hydrogens is 296 g/mol. The van der Waals surface area contributed by atoms with E-state index in [1.807, 2.05) is 0 Å². The molecule has 3 rings (SSSR count). The average molecular weight is 316 g/mol. The fraction of sp³-hybridized carbons (Fsp3) is 0.438. The van der Waals surface area contributed by atoms with Crippen LogP contribution in [0.4, 0.5) is 5.82 Å². The van der Waals surface area contributed by atoms with Gasteiger partial charge in [0.25, 0.3) is 0 Å². The summed E-state index contributed by atoms with van der Waals surface area (Å²) in [5.74, 6) is 0.398. The molecule has 1 saturated carbocycles. The molecule has 23 heavy (non-hydrogen) atoms. The third-order valence-electron chi connectivity index (χ3n) is 4.04. The lowest BCUT2D eigenvalue weighted by Crippen LogP contribution is -2.21. The number of benzene rings is 1. The van der Waals surface area contributed by atoms with Gasteiger partial charge in [-0.2, -0.15) is 4.68 Å². The Hall–Kier alpha value is -2.57. The zero-order valence-corrected chi connectivity index (χ0v) is 13.1. The number of anilines is 1. The van der Waals surface area contributed by atoms with Crippen LogP contribution in [0.5, 0.6) is 5.75 Å². The minimum atomic E-state index is -0.505. The number of nitrogen functional groups attached to an aromatic ring is 1. The van der Waals surface area contributed by atoms with Crippen LogP contribution in [0.1, 0.15) is 42.6 Å². The van der Waals surface area contributed by atoms with Crippen molar-refractivity contribution in [1.82, 2.24) is 15.0 Å². The third-order valence-corrected chi connectivity index (χ3v) is 4.04. The van der Waals surface area contributed by atoms with Crippen LogP contribution in [-0.4, -0.2) is 34.2 Å². The Labute approximate surface area is 134 Å². The van der Waals surface area contributed by atoms with Gasteiger partial charge in [-0.05, 0) is 49.9 Å². The minimum absolute atomic E-state index is 0.0400. The van der Waals surface area contributed by atoms with Crippen molar-refractivity contribution in [1.29, 1.82) is 0 Å². The Balaban J connectivity index is 1.76. The van der Waals surface area contributed by atoms with Gasteiger partial charge >= 0.3 is 5.97 Å². The number of nitrogens with zero attached hydrogens (tertiary/aromatic N) is 3. The monoisotopic (exact) mass is 316 g/mol. The molecule has 1 aliphatic rings. The molecule has 0 bridgehead atoms. The summed E-state index contributed by atoms with van der Waals surface area (Å²) in [5, 5.41) is 7.84. The number of carbonyl (C=O) groups excluding carboxylic acids is 1. The number of ether oxygens (including phenoxy) is 2. The summed E-state index contributed by atoms with van der Waals surface area (Å²) in [6.45, 7) is 0. The SMILES string of the molecule is COc1ccc(-n2nnc(C(=O)OC3CCCCC3)c2N)cc1. The highest BCUT2D eigenvalue weighted by Gasteiger charge is 2.24. The summed E-state index contributed by atoms with van der Waals surface area (Å²) >= 11 is 0. The van der Waals surface area contributed by atoms with Gasteiger partial charge in [-0.15, -0.1) is 5.10 Å². The molecule has 7 heteroatoms. The van der Waals surface area contributed by atoms with Gasteiger partial charge in [0.15, 0.2) is 5.82 Å². The maximum atomic E-state index is 12.2. The molecular formula is C16H20N4O3. The Morgan fingerprint density at radius 1 is 1.22 bits per heavy atom. The standard InChI is InChI=1S/C16H20N4O3/c1-22-12-9-7-11(8-10-12)20-15(17)14(18-19-20)16(21)23-13-5-3-2-4-6-13/h7-10,13H,2-6,17H2,1H3. The molecule has 0 unspecified atom stereocenters. The maximum absolute atomic E-state index is 12.2. The van der Waals surface area contributed by atoms with Gasteiger partial charge in [-0.25, -0.2) is 4.79 Å². The van der Waals surface area contributed by atoms with Crippen LogP contribution in [-0.2, 0) is 4.74 Å². The number of nitrogens with two attached hydrogens (primary N) is 1. The molecule has 1 aromatic heterocycles. The fourth-order valence-corrected chi connectivity index (χ4v) is 2.74. The van der Waals surface area contributed by atoms with Gasteiger partial charge in [0, 0.05) is 0 Å². The predicted octanol–water partition coefficient (Wildman–Crippen LogP) is 2.35. The third kappa shape index (κ3) is 3.28. The summed E-state index contributed by atoms with van der Waals surface area (Å²) in [6.07, 6.45) is 5.14. The summed E-state index contributed by atoms with van der Waals surface area (Å²) < 4.78 is 12.0. The fourth-order valence-electron chi connectivity index (χ4n) is 2.74. The molecule has 2 aromatic rings. The van der Waals surface area contributed by atoms with Gasteiger partial charge in [-0.3, -0.25) is 0 Å². The number of rotatable bonds is 4. The van der Waals surface area contributed by atoms with Crippen LogP contribution in [0.15, 0.2) is 24.3 Å². The molecule has 0 radical (unpaired) electrons. The highest BCUT2D eigenvalue weighted by molar-refractivity contribution is 5.92. The zero-order chi connectivity index (χ0) is 16.2. The van der Waals surface area contributed by atoms with E-state index in [4.69, 9.17) is 15.2 Å². The molecule has 122 valence electrons. The van der Waals surface area contributed by atoms with Crippen LogP contribution in [0.3, 0.4) is 0 Å². The Morgan fingerprint density at radius 3 is 2.57 bits per heavy atom. The molecule has 0 atom stereocenters. The quantitative estimate of drug-likeness (QED) is 0.870. The van der Waals surface area contributed by atoms with E-state index in [1.165, 1.54) is 11.1 Å². The Morgan fingerprint density at radius 2 is 1.91 bits per heavy atom. The first kappa shape index (κ1) is 15.3. The second kappa shape index (κ2) is 6.68. The van der Waals surface area contributed by atoms with Crippen molar-refractivity contribution in [3.63, 3.8) is 0 Å². The largest absolute Gasteiger partial charge is 0.497 e. The van der Waals surface area contributed by atoms with E-state index in [2.05, 4.69) is 10.3 Å². The van der Waals surface area contributed by atoms with Crippen molar-refractivity contribution in [3.05, 3.63) is 30.0 Å². The summed E-state index contributed by atoms with van der Waals surface area (Å²) in [7, 11) is 1.60. The van der Waals surface area contributed by atoms with Crippen LogP contribution < -0.4 is 10.5 Å². The second-order valence-corrected chi connectivity index (χ2v) is 5.60. The van der Waals surface area contributed by atoms with Gasteiger partial charge in [0.05, 0.1) is 12.8 Å². The van der Waals surface area contributed by atoms with Gasteiger partial charge < -0.3 is 15.2 Å². The zero-order valence-electron chi connectivity index (χ0n) is 13.1. The Bertz CT molecular complexity index is 675. The molecule has 0 aliphatic heterocycles. The topological polar surface area (TPSA) is 92.3 Å². The average Bonchev–Trinajstić information content (AvgIpc) is 2.97. The molecule has 1 heterocycles. The van der Waals surface area contributed by atoms with Gasteiger partial charge in [-0.1, -0.05) is 11.6 Å². The maximum Gasteiger partial charge on any atom is 0.363 e. The van der Waals surface area contributed by atoms with Crippen molar-refractivity contribution in [2.24, 2.45) is 0 Å². The van der Waals surface area contributed by atoms with Crippen LogP contribution >= 0.6 is 0 Å². The molecule has 0 amide bonds. The van der Waals surface area contributed by atoms with Crippen LogP contribution in [0.25, 0.3) is 5.69 Å². The number of hydrogen-bond donors (Lipinski definition) is 1. The van der Waals surface area contributed by atoms with Gasteiger partial charge in [0.1, 0.15) is 11.9 Å². The minimum Gasteiger partial charge on any atom is -0.497 e. The Kier molecular flexibility index (Phi) is 4.45. The molecule has 0 saturated heterocycles. The summed E-state index contributed by atoms with van der Waals surface area (Å²) in [6, 6.07) is 7.16. The van der Waals surface area contributed by atoms with E-state index in [1.54, 1.807) is 31.4 Å². The lowest BCUT2D eigenvalue weighted by molar-refractivity contribution is 0.0205.